The van der Waals surface area contributed by atoms with Crippen molar-refractivity contribution in [3.05, 3.63) is 16.4 Å². The van der Waals surface area contributed by atoms with Gasteiger partial charge in [-0.2, -0.15) is 16.9 Å². The van der Waals surface area contributed by atoms with Gasteiger partial charge < -0.3 is 5.11 Å². The Balaban J connectivity index is 2.53. The number of aliphatic hydroxyl groups is 1. The molecule has 1 rings (SSSR count). The number of hydrogen-bond donors (Lipinski definition) is 1. The second kappa shape index (κ2) is 7.41. The Morgan fingerprint density at radius 3 is 2.56 bits per heavy atom. The molecule has 0 bridgehead atoms. The molecule has 1 aromatic rings. The first-order valence-electron chi connectivity index (χ1n) is 6.41. The van der Waals surface area contributed by atoms with Gasteiger partial charge in [-0.15, -0.1) is 0 Å². The van der Waals surface area contributed by atoms with Crippen molar-refractivity contribution in [2.24, 2.45) is 13.0 Å². The van der Waals surface area contributed by atoms with E-state index in [2.05, 4.69) is 18.9 Å². The quantitative estimate of drug-likeness (QED) is 0.839. The van der Waals surface area contributed by atoms with Crippen LogP contribution in [0.5, 0.6) is 0 Å². The second-order valence-electron chi connectivity index (χ2n) is 4.97. The first-order chi connectivity index (χ1) is 8.45. The number of aryl methyl sites for hydroxylation is 2. The summed E-state index contributed by atoms with van der Waals surface area (Å²) in [6.07, 6.45) is 1.05. The molecule has 1 N–H and O–H groups in total. The van der Waals surface area contributed by atoms with Gasteiger partial charge in [0.2, 0.25) is 0 Å². The van der Waals surface area contributed by atoms with Gasteiger partial charge in [0.05, 0.1) is 22.5 Å². The first kappa shape index (κ1) is 15.9. The third-order valence-electron chi connectivity index (χ3n) is 2.69. The number of hydrogen-bond acceptors (Lipinski definition) is 3. The molecule has 0 saturated carbocycles. The number of aliphatic hydroxyl groups excluding tert-OH is 1. The maximum atomic E-state index is 10.0. The number of nitrogens with zero attached hydrogens (tertiary/aromatic N) is 2. The third kappa shape index (κ3) is 4.48. The summed E-state index contributed by atoms with van der Waals surface area (Å²) in [5.74, 6) is 2.49. The van der Waals surface area contributed by atoms with Crippen molar-refractivity contribution in [3.63, 3.8) is 0 Å². The van der Waals surface area contributed by atoms with Gasteiger partial charge >= 0.3 is 0 Å². The van der Waals surface area contributed by atoms with Crippen molar-refractivity contribution in [2.75, 3.05) is 11.5 Å². The van der Waals surface area contributed by atoms with Gasteiger partial charge in [-0.05, 0) is 18.1 Å². The van der Waals surface area contributed by atoms with E-state index in [1.165, 1.54) is 0 Å². The minimum absolute atomic E-state index is 0.355. The highest BCUT2D eigenvalue weighted by molar-refractivity contribution is 7.99. The molecule has 0 aromatic carbocycles. The number of rotatable bonds is 7. The molecule has 1 aromatic heterocycles. The highest BCUT2D eigenvalue weighted by atomic mass is 35.5. The molecule has 0 aliphatic rings. The van der Waals surface area contributed by atoms with Crippen LogP contribution >= 0.6 is 23.4 Å². The van der Waals surface area contributed by atoms with Crippen molar-refractivity contribution in [2.45, 2.75) is 39.7 Å². The molecule has 104 valence electrons. The van der Waals surface area contributed by atoms with Gasteiger partial charge in [0.15, 0.2) is 0 Å². The van der Waals surface area contributed by atoms with Crippen LogP contribution in [-0.4, -0.2) is 32.5 Å². The maximum Gasteiger partial charge on any atom is 0.0850 e. The average molecular weight is 291 g/mol. The second-order valence-corrected chi connectivity index (χ2v) is 6.43. The fraction of sp³-hybridized carbons (Fsp3) is 0.769. The van der Waals surface area contributed by atoms with Crippen molar-refractivity contribution in [1.82, 2.24) is 9.78 Å². The smallest absolute Gasteiger partial charge is 0.0850 e. The zero-order valence-corrected chi connectivity index (χ0v) is 13.2. The SMILES string of the molecule is CCc1nn(C)c(CC(O)CSCC(C)C)c1Cl. The first-order valence-corrected chi connectivity index (χ1v) is 7.95. The lowest BCUT2D eigenvalue weighted by atomic mass is 10.2. The molecule has 1 unspecified atom stereocenters. The number of aromatic nitrogens is 2. The highest BCUT2D eigenvalue weighted by Gasteiger charge is 2.16. The third-order valence-corrected chi connectivity index (χ3v) is 4.65. The summed E-state index contributed by atoms with van der Waals surface area (Å²) in [4.78, 5) is 0. The molecule has 3 nitrogen and oxygen atoms in total. The van der Waals surface area contributed by atoms with E-state index >= 15 is 0 Å². The van der Waals surface area contributed by atoms with Crippen molar-refractivity contribution in [1.29, 1.82) is 0 Å². The van der Waals surface area contributed by atoms with Crippen LogP contribution in [0.2, 0.25) is 5.02 Å². The fourth-order valence-electron chi connectivity index (χ4n) is 1.76. The molecular formula is C13H23ClN2OS. The van der Waals surface area contributed by atoms with E-state index in [9.17, 15) is 5.11 Å². The number of thioether (sulfide) groups is 1. The Hall–Kier alpha value is -0.190. The molecule has 5 heteroatoms. The van der Waals surface area contributed by atoms with E-state index < -0.39 is 0 Å². The molecule has 18 heavy (non-hydrogen) atoms. The van der Waals surface area contributed by atoms with E-state index in [1.807, 2.05) is 14.0 Å². The van der Waals surface area contributed by atoms with Crippen LogP contribution in [0.3, 0.4) is 0 Å². The van der Waals surface area contributed by atoms with Gasteiger partial charge in [0, 0.05) is 19.2 Å². The normalized spacial score (nSPS) is 13.3. The molecule has 1 heterocycles. The molecule has 0 amide bonds. The van der Waals surface area contributed by atoms with Crippen LogP contribution < -0.4 is 0 Å². The van der Waals surface area contributed by atoms with Gasteiger partial charge in [-0.1, -0.05) is 32.4 Å². The van der Waals surface area contributed by atoms with E-state index in [0.29, 0.717) is 17.4 Å². The van der Waals surface area contributed by atoms with E-state index in [-0.39, 0.29) is 6.10 Å². The predicted octanol–water partition coefficient (Wildman–Crippen LogP) is 2.93. The Kier molecular flexibility index (Phi) is 6.53. The molecule has 0 saturated heterocycles. The standard InChI is InChI=1S/C13H23ClN2OS/c1-5-11-13(14)12(16(4)15-11)6-10(17)8-18-7-9(2)3/h9-10,17H,5-8H2,1-4H3. The topological polar surface area (TPSA) is 38.0 Å². The van der Waals surface area contributed by atoms with Crippen molar-refractivity contribution < 1.29 is 5.11 Å². The van der Waals surface area contributed by atoms with Crippen molar-refractivity contribution >= 4 is 23.4 Å². The van der Waals surface area contributed by atoms with Crippen molar-refractivity contribution in [3.8, 4) is 0 Å². The fourth-order valence-corrected chi connectivity index (χ4v) is 3.13. The molecule has 1 atom stereocenters. The zero-order valence-electron chi connectivity index (χ0n) is 11.6. The minimum Gasteiger partial charge on any atom is -0.392 e. The molecule has 0 fully saturated rings. The van der Waals surface area contributed by atoms with Gasteiger partial charge in [-0.3, -0.25) is 4.68 Å². The van der Waals surface area contributed by atoms with E-state index in [4.69, 9.17) is 11.6 Å². The van der Waals surface area contributed by atoms with Crippen LogP contribution in [0.25, 0.3) is 0 Å². The molecular weight excluding hydrogens is 268 g/mol. The number of halogens is 1. The highest BCUT2D eigenvalue weighted by Crippen LogP contribution is 2.23. The Labute approximate surface area is 119 Å². The zero-order chi connectivity index (χ0) is 13.7. The van der Waals surface area contributed by atoms with Crippen LogP contribution in [0.1, 0.15) is 32.2 Å². The summed E-state index contributed by atoms with van der Waals surface area (Å²) in [6.45, 7) is 6.41. The lowest BCUT2D eigenvalue weighted by Gasteiger charge is -2.11. The summed E-state index contributed by atoms with van der Waals surface area (Å²) >= 11 is 8.05. The van der Waals surface area contributed by atoms with Gasteiger partial charge in [0.1, 0.15) is 0 Å². The Morgan fingerprint density at radius 1 is 1.39 bits per heavy atom. The van der Waals surface area contributed by atoms with Gasteiger partial charge in [-0.25, -0.2) is 0 Å². The van der Waals surface area contributed by atoms with Crippen LogP contribution in [0, 0.1) is 5.92 Å². The summed E-state index contributed by atoms with van der Waals surface area (Å²) in [5.41, 5.74) is 1.85. The summed E-state index contributed by atoms with van der Waals surface area (Å²) < 4.78 is 1.79. The average Bonchev–Trinajstić information content (AvgIpc) is 2.56. The largest absolute Gasteiger partial charge is 0.392 e. The molecule has 0 radical (unpaired) electrons. The van der Waals surface area contributed by atoms with Crippen LogP contribution in [0.4, 0.5) is 0 Å². The van der Waals surface area contributed by atoms with Crippen LogP contribution in [-0.2, 0) is 19.9 Å². The van der Waals surface area contributed by atoms with E-state index in [1.54, 1.807) is 16.4 Å². The molecule has 0 aliphatic carbocycles. The van der Waals surface area contributed by atoms with Crippen LogP contribution in [0.15, 0.2) is 0 Å². The predicted molar refractivity (Wildman–Crippen MR) is 79.5 cm³/mol. The molecule has 0 spiro atoms. The molecule has 0 aliphatic heterocycles. The maximum absolute atomic E-state index is 10.0. The minimum atomic E-state index is -0.355. The summed E-state index contributed by atoms with van der Waals surface area (Å²) in [6, 6.07) is 0. The lowest BCUT2D eigenvalue weighted by molar-refractivity contribution is 0.197. The summed E-state index contributed by atoms with van der Waals surface area (Å²) in [7, 11) is 1.88. The summed E-state index contributed by atoms with van der Waals surface area (Å²) in [5, 5.41) is 15.1. The lowest BCUT2D eigenvalue weighted by Crippen LogP contribution is -2.17. The Bertz CT molecular complexity index is 379. The monoisotopic (exact) mass is 290 g/mol. The van der Waals surface area contributed by atoms with Gasteiger partial charge in [0.25, 0.3) is 0 Å². The Morgan fingerprint density at radius 2 is 2.06 bits per heavy atom. The van der Waals surface area contributed by atoms with E-state index in [0.717, 1.165) is 29.3 Å².